The van der Waals surface area contributed by atoms with E-state index < -0.39 is 12.5 Å². The smallest absolute Gasteiger partial charge is 0.290 e. The number of fused-ring (bicyclic) bond motifs is 1. The van der Waals surface area contributed by atoms with Crippen molar-refractivity contribution in [1.29, 1.82) is 5.26 Å². The molecule has 0 fully saturated rings. The molecule has 4 heteroatoms. The number of rotatable bonds is 3. The van der Waals surface area contributed by atoms with Crippen LogP contribution in [0.5, 0.6) is 0 Å². The largest absolute Gasteiger partial charge is 0.341 e. The van der Waals surface area contributed by atoms with Crippen LogP contribution in [0.15, 0.2) is 60.8 Å². The van der Waals surface area contributed by atoms with Gasteiger partial charge in [-0.1, -0.05) is 30.3 Å². The van der Waals surface area contributed by atoms with Crippen molar-refractivity contribution in [3.63, 3.8) is 0 Å². The van der Waals surface area contributed by atoms with Crippen molar-refractivity contribution < 1.29 is 8.78 Å². The fourth-order valence-electron chi connectivity index (χ4n) is 2.39. The minimum absolute atomic E-state index is 0.000458. The summed E-state index contributed by atoms with van der Waals surface area (Å²) in [7, 11) is 0. The van der Waals surface area contributed by atoms with Crippen molar-refractivity contribution in [3.8, 4) is 6.07 Å². The van der Waals surface area contributed by atoms with Gasteiger partial charge in [-0.3, -0.25) is 0 Å². The van der Waals surface area contributed by atoms with E-state index in [9.17, 15) is 8.78 Å². The van der Waals surface area contributed by atoms with Gasteiger partial charge in [0, 0.05) is 22.7 Å². The average molecular weight is 282 g/mol. The number of halogens is 2. The van der Waals surface area contributed by atoms with Crippen LogP contribution in [0.3, 0.4) is 0 Å². The second kappa shape index (κ2) is 5.02. The molecule has 2 nitrogen and oxygen atoms in total. The SMILES string of the molecule is N#Cc1ccc2c(ccn2CC(F)(F)c2ccccc2)c1. The standard InChI is InChI=1S/C17H12F2N2/c18-17(19,15-4-2-1-3-5-15)12-21-9-8-14-10-13(11-20)6-7-16(14)21/h1-10H,12H2. The molecule has 0 bridgehead atoms. The Kier molecular flexibility index (Phi) is 3.19. The Balaban J connectivity index is 1.97. The van der Waals surface area contributed by atoms with Crippen molar-refractivity contribution in [2.24, 2.45) is 0 Å². The zero-order valence-corrected chi connectivity index (χ0v) is 11.1. The van der Waals surface area contributed by atoms with Crippen molar-refractivity contribution in [2.45, 2.75) is 12.5 Å². The quantitative estimate of drug-likeness (QED) is 0.704. The molecule has 0 saturated heterocycles. The molecule has 1 aromatic heterocycles. The monoisotopic (exact) mass is 282 g/mol. The summed E-state index contributed by atoms with van der Waals surface area (Å²) in [5.74, 6) is -2.94. The lowest BCUT2D eigenvalue weighted by molar-refractivity contribution is -0.0211. The summed E-state index contributed by atoms with van der Waals surface area (Å²) in [6, 6.07) is 16.6. The number of nitriles is 1. The molecule has 0 aliphatic carbocycles. The van der Waals surface area contributed by atoms with Crippen LogP contribution in [-0.4, -0.2) is 4.57 Å². The first-order valence-corrected chi connectivity index (χ1v) is 6.52. The fourth-order valence-corrected chi connectivity index (χ4v) is 2.39. The first kappa shape index (κ1) is 13.3. The van der Waals surface area contributed by atoms with Gasteiger partial charge in [-0.15, -0.1) is 0 Å². The van der Waals surface area contributed by atoms with E-state index >= 15 is 0 Å². The van der Waals surface area contributed by atoms with E-state index in [4.69, 9.17) is 5.26 Å². The third-order valence-corrected chi connectivity index (χ3v) is 3.47. The maximum Gasteiger partial charge on any atom is 0.290 e. The molecule has 0 radical (unpaired) electrons. The van der Waals surface area contributed by atoms with E-state index in [0.29, 0.717) is 11.1 Å². The van der Waals surface area contributed by atoms with Crippen LogP contribution in [0.25, 0.3) is 10.9 Å². The maximum absolute atomic E-state index is 14.3. The number of aromatic nitrogens is 1. The number of hydrogen-bond donors (Lipinski definition) is 0. The topological polar surface area (TPSA) is 28.7 Å². The van der Waals surface area contributed by atoms with Crippen LogP contribution in [0, 0.1) is 11.3 Å². The summed E-state index contributed by atoms with van der Waals surface area (Å²) in [5.41, 5.74) is 1.22. The predicted octanol–water partition coefficient (Wildman–Crippen LogP) is 4.30. The van der Waals surface area contributed by atoms with Crippen molar-refractivity contribution in [3.05, 3.63) is 71.9 Å². The minimum Gasteiger partial charge on any atom is -0.341 e. The van der Waals surface area contributed by atoms with Crippen LogP contribution in [0.4, 0.5) is 8.78 Å². The highest BCUT2D eigenvalue weighted by molar-refractivity contribution is 5.81. The van der Waals surface area contributed by atoms with E-state index in [2.05, 4.69) is 0 Å². The Hall–Kier alpha value is -2.67. The van der Waals surface area contributed by atoms with E-state index in [-0.39, 0.29) is 5.56 Å². The molecule has 0 amide bonds. The zero-order valence-electron chi connectivity index (χ0n) is 11.1. The third-order valence-electron chi connectivity index (χ3n) is 3.47. The molecule has 0 saturated carbocycles. The Morgan fingerprint density at radius 1 is 1.05 bits per heavy atom. The van der Waals surface area contributed by atoms with Crippen molar-refractivity contribution in [1.82, 2.24) is 4.57 Å². The summed E-state index contributed by atoms with van der Waals surface area (Å²) >= 11 is 0. The van der Waals surface area contributed by atoms with Crippen LogP contribution < -0.4 is 0 Å². The maximum atomic E-state index is 14.3. The van der Waals surface area contributed by atoms with Gasteiger partial charge in [0.1, 0.15) is 0 Å². The van der Waals surface area contributed by atoms with E-state index in [1.165, 1.54) is 16.7 Å². The Morgan fingerprint density at radius 2 is 1.81 bits per heavy atom. The molecule has 0 aliphatic heterocycles. The summed E-state index contributed by atoms with van der Waals surface area (Å²) in [5, 5.41) is 9.65. The molecule has 21 heavy (non-hydrogen) atoms. The van der Waals surface area contributed by atoms with Gasteiger partial charge in [-0.2, -0.15) is 14.0 Å². The van der Waals surface area contributed by atoms with Crippen molar-refractivity contribution >= 4 is 10.9 Å². The molecule has 0 atom stereocenters. The van der Waals surface area contributed by atoms with Gasteiger partial charge in [0.15, 0.2) is 0 Å². The van der Waals surface area contributed by atoms with Crippen LogP contribution in [0.1, 0.15) is 11.1 Å². The van der Waals surface area contributed by atoms with E-state index in [1.54, 1.807) is 48.7 Å². The average Bonchev–Trinajstić information content (AvgIpc) is 2.90. The molecule has 0 aliphatic rings. The predicted molar refractivity (Wildman–Crippen MR) is 77.0 cm³/mol. The first-order chi connectivity index (χ1) is 10.1. The summed E-state index contributed by atoms with van der Waals surface area (Å²) in [6.07, 6.45) is 1.63. The number of alkyl halides is 2. The molecule has 1 heterocycles. The molecular weight excluding hydrogens is 270 g/mol. The molecule has 3 aromatic rings. The van der Waals surface area contributed by atoms with E-state index in [1.807, 2.05) is 6.07 Å². The normalized spacial score (nSPS) is 11.5. The summed E-state index contributed by atoms with van der Waals surface area (Å²) in [6.45, 7) is -0.424. The van der Waals surface area contributed by atoms with Crippen LogP contribution in [-0.2, 0) is 12.5 Å². The van der Waals surface area contributed by atoms with Gasteiger partial charge in [0.25, 0.3) is 5.92 Å². The van der Waals surface area contributed by atoms with Crippen LogP contribution >= 0.6 is 0 Å². The Morgan fingerprint density at radius 3 is 2.52 bits per heavy atom. The third kappa shape index (κ3) is 2.50. The van der Waals surface area contributed by atoms with Gasteiger partial charge < -0.3 is 4.57 Å². The first-order valence-electron chi connectivity index (χ1n) is 6.52. The Labute approximate surface area is 120 Å². The second-order valence-corrected chi connectivity index (χ2v) is 4.90. The molecule has 104 valence electrons. The van der Waals surface area contributed by atoms with Crippen LogP contribution in [0.2, 0.25) is 0 Å². The lowest BCUT2D eigenvalue weighted by Gasteiger charge is -2.18. The molecule has 2 aromatic carbocycles. The van der Waals surface area contributed by atoms with E-state index in [0.717, 1.165) is 5.39 Å². The highest BCUT2D eigenvalue weighted by atomic mass is 19.3. The van der Waals surface area contributed by atoms with Gasteiger partial charge >= 0.3 is 0 Å². The summed E-state index contributed by atoms with van der Waals surface area (Å²) < 4.78 is 30.2. The highest BCUT2D eigenvalue weighted by Gasteiger charge is 2.32. The lowest BCUT2D eigenvalue weighted by atomic mass is 10.1. The van der Waals surface area contributed by atoms with Gasteiger partial charge in [0.05, 0.1) is 18.2 Å². The molecular formula is C17H12F2N2. The second-order valence-electron chi connectivity index (χ2n) is 4.90. The number of nitrogens with zero attached hydrogens (tertiary/aromatic N) is 2. The number of benzene rings is 2. The Bertz CT molecular complexity index is 814. The van der Waals surface area contributed by atoms with Crippen molar-refractivity contribution in [2.75, 3.05) is 0 Å². The van der Waals surface area contributed by atoms with Gasteiger partial charge in [-0.05, 0) is 24.3 Å². The molecule has 0 unspecified atom stereocenters. The minimum atomic E-state index is -2.94. The molecule has 0 N–H and O–H groups in total. The fraction of sp³-hybridized carbons (Fsp3) is 0.118. The molecule has 0 spiro atoms. The number of hydrogen-bond acceptors (Lipinski definition) is 1. The van der Waals surface area contributed by atoms with Gasteiger partial charge in [0.2, 0.25) is 0 Å². The zero-order chi connectivity index (χ0) is 14.9. The van der Waals surface area contributed by atoms with Gasteiger partial charge in [-0.25, -0.2) is 0 Å². The molecule has 3 rings (SSSR count). The highest BCUT2D eigenvalue weighted by Crippen LogP contribution is 2.31. The summed E-state index contributed by atoms with van der Waals surface area (Å²) in [4.78, 5) is 0. The lowest BCUT2D eigenvalue weighted by Crippen LogP contribution is -2.20.